The van der Waals surface area contributed by atoms with Crippen molar-refractivity contribution in [1.29, 1.82) is 0 Å². The van der Waals surface area contributed by atoms with E-state index in [2.05, 4.69) is 41.8 Å². The maximum atomic E-state index is 13.3. The summed E-state index contributed by atoms with van der Waals surface area (Å²) in [4.78, 5) is 67.4. The maximum Gasteiger partial charge on any atom is 0.266 e. The van der Waals surface area contributed by atoms with Crippen molar-refractivity contribution in [2.45, 2.75) is 69.9 Å². The molecule has 3 N–H and O–H groups in total. The van der Waals surface area contributed by atoms with E-state index in [0.29, 0.717) is 83.5 Å². The number of nitrogens with one attached hydrogen (secondary N) is 3. The number of para-hydroxylation sites is 1. The van der Waals surface area contributed by atoms with Crippen molar-refractivity contribution in [2.75, 3.05) is 88.3 Å². The van der Waals surface area contributed by atoms with Crippen molar-refractivity contribution >= 4 is 76.5 Å². The molecular formula is C48H59ClN9O7P. The number of unbranched alkanes of at least 4 members (excludes halogenated alkanes) is 3. The molecule has 0 aliphatic carbocycles. The van der Waals surface area contributed by atoms with Gasteiger partial charge < -0.3 is 34.5 Å². The lowest BCUT2D eigenvalue weighted by Gasteiger charge is -2.43. The average Bonchev–Trinajstić information content (AvgIpc) is 3.58. The van der Waals surface area contributed by atoms with E-state index in [1.165, 1.54) is 6.20 Å². The maximum absolute atomic E-state index is 13.3. The molecule has 4 amide bonds. The molecule has 4 aliphatic heterocycles. The van der Waals surface area contributed by atoms with E-state index >= 15 is 0 Å². The van der Waals surface area contributed by atoms with Gasteiger partial charge in [0, 0.05) is 71.5 Å². The molecule has 0 saturated carbocycles. The number of rotatable bonds is 18. The second kappa shape index (κ2) is 21.0. The van der Waals surface area contributed by atoms with Crippen LogP contribution in [0.2, 0.25) is 5.02 Å². The summed E-state index contributed by atoms with van der Waals surface area (Å²) in [5.74, 6) is -0.599. The molecule has 3 saturated heterocycles. The number of methoxy groups -OCH3 is 1. The van der Waals surface area contributed by atoms with Gasteiger partial charge >= 0.3 is 0 Å². The second-order valence-corrected chi connectivity index (χ2v) is 21.0. The quantitative estimate of drug-likeness (QED) is 0.0534. The molecule has 1 unspecified atom stereocenters. The van der Waals surface area contributed by atoms with E-state index < -0.39 is 43.3 Å². The highest BCUT2D eigenvalue weighted by Crippen LogP contribution is 2.39. The van der Waals surface area contributed by atoms with Gasteiger partial charge in [-0.1, -0.05) is 49.1 Å². The Balaban J connectivity index is 0.747. The van der Waals surface area contributed by atoms with E-state index in [1.807, 2.05) is 41.3 Å². The van der Waals surface area contributed by atoms with Crippen LogP contribution in [0.15, 0.2) is 66.9 Å². The van der Waals surface area contributed by atoms with Gasteiger partial charge in [0.1, 0.15) is 29.7 Å². The molecule has 18 heteroatoms. The number of halogens is 1. The van der Waals surface area contributed by atoms with Crippen LogP contribution in [0, 0.1) is 0 Å². The Labute approximate surface area is 393 Å². The van der Waals surface area contributed by atoms with Gasteiger partial charge in [-0.05, 0) is 88.3 Å². The summed E-state index contributed by atoms with van der Waals surface area (Å²) in [7, 11) is -0.933. The molecule has 0 radical (unpaired) electrons. The molecular weight excluding hydrogens is 881 g/mol. The highest BCUT2D eigenvalue weighted by molar-refractivity contribution is 7.70. The number of imide groups is 2. The fourth-order valence-corrected chi connectivity index (χ4v) is 10.4. The van der Waals surface area contributed by atoms with Crippen LogP contribution in [0.3, 0.4) is 0 Å². The monoisotopic (exact) mass is 941 g/mol. The molecule has 66 heavy (non-hydrogen) atoms. The van der Waals surface area contributed by atoms with Gasteiger partial charge in [0.15, 0.2) is 5.82 Å². The number of ether oxygens (including phenoxy) is 2. The number of piperidine rings is 2. The Morgan fingerprint density at radius 2 is 1.61 bits per heavy atom. The summed E-state index contributed by atoms with van der Waals surface area (Å²) in [6, 6.07) is 17.7. The smallest absolute Gasteiger partial charge is 0.266 e. The average molecular weight is 942 g/mol. The van der Waals surface area contributed by atoms with Crippen molar-refractivity contribution in [2.24, 2.45) is 0 Å². The van der Waals surface area contributed by atoms with E-state index in [4.69, 9.17) is 23.8 Å². The molecule has 4 aliphatic rings. The van der Waals surface area contributed by atoms with Crippen molar-refractivity contribution in [3.8, 4) is 11.5 Å². The molecule has 4 aromatic rings. The number of hydrogen-bond donors (Lipinski definition) is 3. The molecule has 0 bridgehead atoms. The zero-order valence-corrected chi connectivity index (χ0v) is 39.3. The molecule has 5 heterocycles. The van der Waals surface area contributed by atoms with Gasteiger partial charge in [-0.15, -0.1) is 0 Å². The topological polar surface area (TPSA) is 179 Å². The van der Waals surface area contributed by atoms with Crippen LogP contribution in [0.1, 0.15) is 81.2 Å². The Morgan fingerprint density at radius 1 is 0.848 bits per heavy atom. The van der Waals surface area contributed by atoms with E-state index in [-0.39, 0.29) is 24.0 Å². The Kier molecular flexibility index (Phi) is 14.1. The number of anilines is 5. The van der Waals surface area contributed by atoms with Crippen molar-refractivity contribution < 1.29 is 36.0 Å². The zero-order valence-electron chi connectivity index (χ0n) is 39.7. The Bertz CT molecular complexity index is 2590. The van der Waals surface area contributed by atoms with Crippen LogP contribution >= 0.6 is 18.7 Å². The van der Waals surface area contributed by atoms with Crippen LogP contribution in [0.4, 0.5) is 28.8 Å². The first-order valence-electron chi connectivity index (χ1n) is 23.7. The standard InChI is InChI=1S/C48H59ClN9O7P/c1-64-40-30-33(16-17-36(40)52-48-50-31-35(49)44(54-48)51-37-13-7-8-15-41(37)66(2,3)63)56-23-20-32(21-24-56)57-27-25-55(26-28-57)22-9-5-4-6-10-29-65-39-14-11-12-34-43(39)47(62)58(46(34)61)38-18-19-42(59)53-45(38)60/h7-8,11-17,30-32,38H,4-6,9-10,18-29H2,1-3H3,(H,53,59,60)(H2,50,51,52,54)/i22D2. The minimum atomic E-state index is -2.57. The number of carbonyl (C=O) groups excluding carboxylic acids is 4. The van der Waals surface area contributed by atoms with E-state index in [1.54, 1.807) is 38.6 Å². The van der Waals surface area contributed by atoms with E-state index in [0.717, 1.165) is 68.9 Å². The minimum absolute atomic E-state index is 0.0523. The molecule has 8 rings (SSSR count). The van der Waals surface area contributed by atoms with Gasteiger partial charge in [-0.3, -0.25) is 34.3 Å². The molecule has 1 aromatic heterocycles. The first-order valence-corrected chi connectivity index (χ1v) is 25.7. The molecule has 16 nitrogen and oxygen atoms in total. The van der Waals surface area contributed by atoms with Crippen molar-refractivity contribution in [1.82, 2.24) is 30.0 Å². The minimum Gasteiger partial charge on any atom is -0.494 e. The number of hydrogen-bond acceptors (Lipinski definition) is 14. The first kappa shape index (κ1) is 44.3. The van der Waals surface area contributed by atoms with Crippen LogP contribution in [0.25, 0.3) is 0 Å². The van der Waals surface area contributed by atoms with Gasteiger partial charge in [0.05, 0.1) is 42.4 Å². The number of piperazine rings is 1. The Morgan fingerprint density at radius 3 is 2.36 bits per heavy atom. The van der Waals surface area contributed by atoms with Crippen LogP contribution in [-0.4, -0.2) is 133 Å². The zero-order chi connectivity index (χ0) is 48.2. The third-order valence-electron chi connectivity index (χ3n) is 12.7. The largest absolute Gasteiger partial charge is 0.494 e. The number of aromatic nitrogens is 2. The number of benzene rings is 3. The lowest BCUT2D eigenvalue weighted by atomic mass is 10.0. The molecule has 1 atom stereocenters. The normalized spacial score (nSPS) is 19.3. The third kappa shape index (κ3) is 10.8. The third-order valence-corrected chi connectivity index (χ3v) is 14.5. The van der Waals surface area contributed by atoms with Gasteiger partial charge in [-0.25, -0.2) is 4.98 Å². The number of carbonyl (C=O) groups is 4. The lowest BCUT2D eigenvalue weighted by Crippen LogP contribution is -2.54. The summed E-state index contributed by atoms with van der Waals surface area (Å²) in [5.41, 5.74) is 2.75. The van der Waals surface area contributed by atoms with E-state index in [9.17, 15) is 23.7 Å². The fourth-order valence-electron chi connectivity index (χ4n) is 9.13. The highest BCUT2D eigenvalue weighted by atomic mass is 35.5. The summed E-state index contributed by atoms with van der Waals surface area (Å²) < 4.78 is 42.5. The predicted octanol–water partition coefficient (Wildman–Crippen LogP) is 6.89. The van der Waals surface area contributed by atoms with Gasteiger partial charge in [0.2, 0.25) is 17.8 Å². The van der Waals surface area contributed by atoms with Crippen LogP contribution < -0.4 is 35.6 Å². The van der Waals surface area contributed by atoms with Gasteiger partial charge in [-0.2, -0.15) is 4.98 Å². The van der Waals surface area contributed by atoms with Crippen LogP contribution in [-0.2, 0) is 14.2 Å². The summed E-state index contributed by atoms with van der Waals surface area (Å²) in [6.45, 7) is 7.16. The first-order chi connectivity index (χ1) is 32.6. The summed E-state index contributed by atoms with van der Waals surface area (Å²) in [5, 5.41) is 9.75. The molecule has 350 valence electrons. The summed E-state index contributed by atoms with van der Waals surface area (Å²) in [6.07, 6.45) is 7.18. The number of fused-ring (bicyclic) bond motifs is 1. The number of amides is 4. The highest BCUT2D eigenvalue weighted by Gasteiger charge is 2.46. The van der Waals surface area contributed by atoms with Crippen molar-refractivity contribution in [3.63, 3.8) is 0 Å². The second-order valence-electron chi connectivity index (χ2n) is 17.4. The predicted molar refractivity (Wildman–Crippen MR) is 257 cm³/mol. The fraction of sp³-hybridized carbons (Fsp3) is 0.458. The summed E-state index contributed by atoms with van der Waals surface area (Å²) >= 11 is 6.49. The van der Waals surface area contributed by atoms with Gasteiger partial charge in [0.25, 0.3) is 11.8 Å². The van der Waals surface area contributed by atoms with Crippen molar-refractivity contribution in [3.05, 3.63) is 83.0 Å². The molecule has 3 aromatic carbocycles. The number of nitrogens with zero attached hydrogens (tertiary/aromatic N) is 6. The molecule has 3 fully saturated rings. The SMILES string of the molecule is [2H]C([2H])(CCCCCCOc1cccc2c1C(=O)N(C1CCC(=O)NC1=O)C2=O)N1CCN(C2CCN(c3ccc(Nc4ncc(Cl)c(Nc5ccccc5P(C)(C)=O)n4)c(OC)c3)CC2)CC1. The van der Waals surface area contributed by atoms with Crippen LogP contribution in [0.5, 0.6) is 11.5 Å². The lowest BCUT2D eigenvalue weighted by molar-refractivity contribution is -0.136. The molecule has 0 spiro atoms. The Hall–Kier alpha value is -5.54.